The van der Waals surface area contributed by atoms with Gasteiger partial charge >= 0.3 is 0 Å². The molecular weight excluding hydrogens is 246 g/mol. The quantitative estimate of drug-likeness (QED) is 0.914. The highest BCUT2D eigenvalue weighted by atomic mass is 16.3. The lowest BCUT2D eigenvalue weighted by atomic mass is 9.82. The summed E-state index contributed by atoms with van der Waals surface area (Å²) in [6, 6.07) is 9.01. The van der Waals surface area contributed by atoms with Crippen molar-refractivity contribution in [2.24, 2.45) is 5.92 Å². The van der Waals surface area contributed by atoms with E-state index in [4.69, 9.17) is 0 Å². The summed E-state index contributed by atoms with van der Waals surface area (Å²) in [6.07, 6.45) is 6.13. The molecule has 3 rings (SSSR count). The van der Waals surface area contributed by atoms with Gasteiger partial charge < -0.3 is 10.0 Å². The molecule has 2 nitrogen and oxygen atoms in total. The van der Waals surface area contributed by atoms with Crippen LogP contribution < -0.4 is 0 Å². The summed E-state index contributed by atoms with van der Waals surface area (Å²) in [5.74, 6) is 1.24. The summed E-state index contributed by atoms with van der Waals surface area (Å²) >= 11 is 0. The van der Waals surface area contributed by atoms with Gasteiger partial charge in [-0.15, -0.1) is 0 Å². The van der Waals surface area contributed by atoms with Crippen molar-refractivity contribution in [1.82, 2.24) is 4.90 Å². The van der Waals surface area contributed by atoms with E-state index in [-0.39, 0.29) is 6.10 Å². The summed E-state index contributed by atoms with van der Waals surface area (Å²) in [5.41, 5.74) is 3.17. The Balaban J connectivity index is 1.60. The third kappa shape index (κ3) is 3.07. The second-order valence-corrected chi connectivity index (χ2v) is 6.67. The summed E-state index contributed by atoms with van der Waals surface area (Å²) < 4.78 is 0. The molecule has 2 heteroatoms. The van der Waals surface area contributed by atoms with Crippen molar-refractivity contribution in [1.29, 1.82) is 0 Å². The second-order valence-electron chi connectivity index (χ2n) is 6.67. The van der Waals surface area contributed by atoms with Crippen LogP contribution in [0.4, 0.5) is 0 Å². The van der Waals surface area contributed by atoms with Gasteiger partial charge in [0.15, 0.2) is 0 Å². The van der Waals surface area contributed by atoms with E-state index in [1.54, 1.807) is 11.1 Å². The van der Waals surface area contributed by atoms with Gasteiger partial charge in [-0.2, -0.15) is 0 Å². The van der Waals surface area contributed by atoms with Crippen molar-refractivity contribution < 1.29 is 5.11 Å². The van der Waals surface area contributed by atoms with Crippen LogP contribution in [0.2, 0.25) is 0 Å². The van der Waals surface area contributed by atoms with Gasteiger partial charge in [0.2, 0.25) is 0 Å². The van der Waals surface area contributed by atoms with Gasteiger partial charge in [0, 0.05) is 6.54 Å². The Morgan fingerprint density at radius 3 is 2.70 bits per heavy atom. The summed E-state index contributed by atoms with van der Waals surface area (Å²) in [5, 5.41) is 9.70. The number of aryl methyl sites for hydroxylation is 1. The highest BCUT2D eigenvalue weighted by molar-refractivity contribution is 5.32. The lowest BCUT2D eigenvalue weighted by Crippen LogP contribution is -2.39. The topological polar surface area (TPSA) is 23.5 Å². The molecule has 20 heavy (non-hydrogen) atoms. The fourth-order valence-electron chi connectivity index (χ4n) is 3.97. The third-order valence-corrected chi connectivity index (χ3v) is 5.29. The predicted octanol–water partition coefficient (Wildman–Crippen LogP) is 3.20. The van der Waals surface area contributed by atoms with Crippen molar-refractivity contribution in [2.45, 2.75) is 51.0 Å². The summed E-state index contributed by atoms with van der Waals surface area (Å²) in [4.78, 5) is 2.62. The maximum atomic E-state index is 9.70. The molecule has 1 saturated heterocycles. The van der Waals surface area contributed by atoms with Gasteiger partial charge in [0.05, 0.1) is 6.10 Å². The van der Waals surface area contributed by atoms with Gasteiger partial charge in [-0.1, -0.05) is 24.3 Å². The molecule has 1 aromatic carbocycles. The van der Waals surface area contributed by atoms with Gasteiger partial charge in [-0.3, -0.25) is 0 Å². The average molecular weight is 273 g/mol. The molecule has 0 radical (unpaired) electrons. The van der Waals surface area contributed by atoms with Crippen LogP contribution in [0, 0.1) is 5.92 Å². The van der Waals surface area contributed by atoms with Gasteiger partial charge in [-0.05, 0) is 75.1 Å². The van der Waals surface area contributed by atoms with E-state index in [2.05, 4.69) is 29.2 Å². The Morgan fingerprint density at radius 2 is 1.95 bits per heavy atom. The minimum absolute atomic E-state index is 0.132. The van der Waals surface area contributed by atoms with Crippen LogP contribution in [0.3, 0.4) is 0 Å². The van der Waals surface area contributed by atoms with E-state index in [0.29, 0.717) is 5.92 Å². The molecular formula is C18H27NO. The molecule has 110 valence electrons. The Bertz CT molecular complexity index is 435. The van der Waals surface area contributed by atoms with E-state index in [1.807, 2.05) is 6.92 Å². The zero-order valence-corrected chi connectivity index (χ0v) is 12.6. The van der Waals surface area contributed by atoms with Crippen LogP contribution in [0.15, 0.2) is 24.3 Å². The number of nitrogens with zero attached hydrogens (tertiary/aromatic N) is 1. The molecule has 0 amide bonds. The highest BCUT2D eigenvalue weighted by Crippen LogP contribution is 2.33. The molecule has 1 aliphatic heterocycles. The van der Waals surface area contributed by atoms with Gasteiger partial charge in [0.25, 0.3) is 0 Å². The van der Waals surface area contributed by atoms with Crippen LogP contribution >= 0.6 is 0 Å². The number of hydrogen-bond acceptors (Lipinski definition) is 2. The number of fused-ring (bicyclic) bond motifs is 1. The SMILES string of the molecule is CC(O)C1CCN(CC2CCCc3ccccc32)CC1. The molecule has 0 aromatic heterocycles. The molecule has 1 aromatic rings. The number of aliphatic hydroxyl groups excluding tert-OH is 1. The molecule has 0 saturated carbocycles. The fraction of sp³-hybridized carbons (Fsp3) is 0.667. The lowest BCUT2D eigenvalue weighted by molar-refractivity contribution is 0.0692. The largest absolute Gasteiger partial charge is 0.393 e. The monoisotopic (exact) mass is 273 g/mol. The Hall–Kier alpha value is -0.860. The lowest BCUT2D eigenvalue weighted by Gasteiger charge is -2.36. The first-order valence-electron chi connectivity index (χ1n) is 8.22. The van der Waals surface area contributed by atoms with Crippen LogP contribution in [0.5, 0.6) is 0 Å². The van der Waals surface area contributed by atoms with E-state index < -0.39 is 0 Å². The van der Waals surface area contributed by atoms with Gasteiger partial charge in [-0.25, -0.2) is 0 Å². The van der Waals surface area contributed by atoms with Crippen molar-refractivity contribution >= 4 is 0 Å². The van der Waals surface area contributed by atoms with Crippen molar-refractivity contribution in [3.63, 3.8) is 0 Å². The number of benzene rings is 1. The van der Waals surface area contributed by atoms with E-state index >= 15 is 0 Å². The summed E-state index contributed by atoms with van der Waals surface area (Å²) in [7, 11) is 0. The molecule has 0 spiro atoms. The van der Waals surface area contributed by atoms with E-state index in [9.17, 15) is 5.11 Å². The maximum absolute atomic E-state index is 9.70. The molecule has 1 aliphatic carbocycles. The molecule has 2 atom stereocenters. The first-order valence-corrected chi connectivity index (χ1v) is 8.22. The van der Waals surface area contributed by atoms with E-state index in [0.717, 1.165) is 31.8 Å². The van der Waals surface area contributed by atoms with Crippen molar-refractivity contribution in [2.75, 3.05) is 19.6 Å². The Labute approximate surface area is 122 Å². The number of hydrogen-bond donors (Lipinski definition) is 1. The first kappa shape index (κ1) is 14.1. The van der Waals surface area contributed by atoms with E-state index in [1.165, 1.54) is 25.8 Å². The third-order valence-electron chi connectivity index (χ3n) is 5.29. The molecule has 2 aliphatic rings. The van der Waals surface area contributed by atoms with Crippen LogP contribution in [-0.4, -0.2) is 35.7 Å². The standard InChI is InChI=1S/C18H27NO/c1-14(20)15-9-11-19(12-10-15)13-17-7-4-6-16-5-2-3-8-18(16)17/h2-3,5,8,14-15,17,20H,4,6-7,9-13H2,1H3. The maximum Gasteiger partial charge on any atom is 0.0541 e. The number of likely N-dealkylation sites (tertiary alicyclic amines) is 1. The number of rotatable bonds is 3. The number of piperidine rings is 1. The predicted molar refractivity (Wildman–Crippen MR) is 83.0 cm³/mol. The molecule has 2 unspecified atom stereocenters. The summed E-state index contributed by atoms with van der Waals surface area (Å²) in [6.45, 7) is 5.48. The fourth-order valence-corrected chi connectivity index (χ4v) is 3.97. The zero-order chi connectivity index (χ0) is 13.9. The number of aliphatic hydroxyl groups is 1. The molecule has 1 fully saturated rings. The molecule has 1 heterocycles. The van der Waals surface area contributed by atoms with Crippen LogP contribution in [0.25, 0.3) is 0 Å². The van der Waals surface area contributed by atoms with Crippen LogP contribution in [0.1, 0.15) is 49.7 Å². The minimum Gasteiger partial charge on any atom is -0.393 e. The highest BCUT2D eigenvalue weighted by Gasteiger charge is 2.26. The molecule has 0 bridgehead atoms. The van der Waals surface area contributed by atoms with Crippen molar-refractivity contribution in [3.05, 3.63) is 35.4 Å². The first-order chi connectivity index (χ1) is 9.74. The second kappa shape index (κ2) is 6.28. The molecule has 1 N–H and O–H groups in total. The normalized spacial score (nSPS) is 26.2. The Kier molecular flexibility index (Phi) is 4.42. The van der Waals surface area contributed by atoms with Gasteiger partial charge in [0.1, 0.15) is 0 Å². The minimum atomic E-state index is -0.132. The van der Waals surface area contributed by atoms with Crippen molar-refractivity contribution in [3.8, 4) is 0 Å². The average Bonchev–Trinajstić information content (AvgIpc) is 2.48. The zero-order valence-electron chi connectivity index (χ0n) is 12.6. The smallest absolute Gasteiger partial charge is 0.0541 e. The Morgan fingerprint density at radius 1 is 1.20 bits per heavy atom. The van der Waals surface area contributed by atoms with Crippen LogP contribution in [-0.2, 0) is 6.42 Å².